The lowest BCUT2D eigenvalue weighted by Crippen LogP contribution is -2.05. The first-order chi connectivity index (χ1) is 11.7. The molecule has 6 heteroatoms. The average molecular weight is 364 g/mol. The quantitative estimate of drug-likeness (QED) is 0.792. The van der Waals surface area contributed by atoms with E-state index in [0.29, 0.717) is 17.6 Å². The molecule has 0 radical (unpaired) electrons. The van der Waals surface area contributed by atoms with Gasteiger partial charge in [-0.1, -0.05) is 18.2 Å². The molecule has 0 spiro atoms. The molecular weight excluding hydrogens is 349 g/mol. The van der Waals surface area contributed by atoms with Gasteiger partial charge >= 0.3 is 0 Å². The summed E-state index contributed by atoms with van der Waals surface area (Å²) in [6.07, 6.45) is 5.00. The van der Waals surface area contributed by atoms with E-state index in [2.05, 4.69) is 0 Å². The van der Waals surface area contributed by atoms with E-state index in [0.717, 1.165) is 29.5 Å². The van der Waals surface area contributed by atoms with E-state index in [1.807, 2.05) is 6.08 Å². The molecule has 3 rings (SSSR count). The summed E-state index contributed by atoms with van der Waals surface area (Å²) in [5.41, 5.74) is 2.76. The standard InChI is InChI=1S/C19H15F3O2S/c1-11-8-12(6-7-16(11)20)14-4-3-5-15(14)13-9-17(21)19(18(22)10-13)25(2,23)24/h4-10H,3H2,1-2H3. The largest absolute Gasteiger partial charge is 0.224 e. The molecule has 0 aromatic heterocycles. The molecule has 25 heavy (non-hydrogen) atoms. The summed E-state index contributed by atoms with van der Waals surface area (Å²) in [5.74, 6) is -2.58. The number of rotatable bonds is 3. The van der Waals surface area contributed by atoms with E-state index >= 15 is 0 Å². The van der Waals surface area contributed by atoms with Gasteiger partial charge in [-0.25, -0.2) is 21.6 Å². The third kappa shape index (κ3) is 3.26. The fourth-order valence-corrected chi connectivity index (χ4v) is 3.77. The predicted molar refractivity (Wildman–Crippen MR) is 91.2 cm³/mol. The molecule has 0 amide bonds. The van der Waals surface area contributed by atoms with Gasteiger partial charge in [-0.2, -0.15) is 0 Å². The van der Waals surface area contributed by atoms with Crippen LogP contribution in [0.15, 0.2) is 47.4 Å². The summed E-state index contributed by atoms with van der Waals surface area (Å²) in [6, 6.07) is 6.64. The van der Waals surface area contributed by atoms with Crippen molar-refractivity contribution in [2.45, 2.75) is 18.2 Å². The van der Waals surface area contributed by atoms with Crippen LogP contribution in [0.5, 0.6) is 0 Å². The zero-order valence-electron chi connectivity index (χ0n) is 13.6. The highest BCUT2D eigenvalue weighted by Gasteiger charge is 2.23. The van der Waals surface area contributed by atoms with Gasteiger partial charge in [0.15, 0.2) is 9.84 Å². The van der Waals surface area contributed by atoms with E-state index in [4.69, 9.17) is 0 Å². The number of allylic oxidation sites excluding steroid dienone is 4. The van der Waals surface area contributed by atoms with Crippen molar-refractivity contribution in [1.82, 2.24) is 0 Å². The van der Waals surface area contributed by atoms with Gasteiger partial charge in [-0.05, 0) is 65.4 Å². The van der Waals surface area contributed by atoms with Crippen LogP contribution in [0.1, 0.15) is 23.1 Å². The predicted octanol–water partition coefficient (Wildman–Crippen LogP) is 4.69. The first kappa shape index (κ1) is 17.5. The number of halogens is 3. The van der Waals surface area contributed by atoms with E-state index in [-0.39, 0.29) is 11.4 Å². The summed E-state index contributed by atoms with van der Waals surface area (Å²) in [4.78, 5) is -0.932. The summed E-state index contributed by atoms with van der Waals surface area (Å²) in [5, 5.41) is 0. The molecule has 130 valence electrons. The van der Waals surface area contributed by atoms with E-state index in [1.165, 1.54) is 6.07 Å². The Morgan fingerprint density at radius 1 is 0.840 bits per heavy atom. The normalized spacial score (nSPS) is 14.4. The summed E-state index contributed by atoms with van der Waals surface area (Å²) >= 11 is 0. The molecule has 0 saturated carbocycles. The highest BCUT2D eigenvalue weighted by molar-refractivity contribution is 7.90. The number of aryl methyl sites for hydroxylation is 1. The second kappa shape index (κ2) is 6.19. The number of sulfone groups is 1. The Balaban J connectivity index is 2.08. The van der Waals surface area contributed by atoms with E-state index in [1.54, 1.807) is 25.1 Å². The maximum atomic E-state index is 14.2. The lowest BCUT2D eigenvalue weighted by Gasteiger charge is -2.12. The Labute approximate surface area is 144 Å². The third-order valence-electron chi connectivity index (χ3n) is 4.08. The molecular formula is C19H15F3O2S. The molecule has 0 atom stereocenters. The van der Waals surface area contributed by atoms with E-state index < -0.39 is 26.4 Å². The SMILES string of the molecule is Cc1cc(C2=CCC=C2c2cc(F)c(S(C)(=O)=O)c(F)c2)ccc1F. The van der Waals surface area contributed by atoms with Gasteiger partial charge in [0, 0.05) is 6.26 Å². The van der Waals surface area contributed by atoms with Crippen molar-refractivity contribution >= 4 is 21.0 Å². The zero-order chi connectivity index (χ0) is 18.4. The molecule has 0 N–H and O–H groups in total. The third-order valence-corrected chi connectivity index (χ3v) is 5.21. The summed E-state index contributed by atoms with van der Waals surface area (Å²) in [6.45, 7) is 1.64. The minimum absolute atomic E-state index is 0.244. The maximum absolute atomic E-state index is 14.2. The lowest BCUT2D eigenvalue weighted by atomic mass is 9.94. The highest BCUT2D eigenvalue weighted by Crippen LogP contribution is 2.38. The van der Waals surface area contributed by atoms with Crippen LogP contribution in [0.4, 0.5) is 13.2 Å². The van der Waals surface area contributed by atoms with Crippen molar-refractivity contribution in [2.75, 3.05) is 6.26 Å². The molecule has 0 bridgehead atoms. The van der Waals surface area contributed by atoms with Gasteiger partial charge in [0.1, 0.15) is 22.3 Å². The molecule has 2 nitrogen and oxygen atoms in total. The van der Waals surface area contributed by atoms with Crippen molar-refractivity contribution in [1.29, 1.82) is 0 Å². The van der Waals surface area contributed by atoms with Crippen LogP contribution in [0, 0.1) is 24.4 Å². The van der Waals surface area contributed by atoms with E-state index in [9.17, 15) is 21.6 Å². The number of benzene rings is 2. The van der Waals surface area contributed by atoms with Crippen LogP contribution >= 0.6 is 0 Å². The van der Waals surface area contributed by atoms with Gasteiger partial charge in [0.2, 0.25) is 0 Å². The zero-order valence-corrected chi connectivity index (χ0v) is 14.4. The van der Waals surface area contributed by atoms with Crippen LogP contribution in [-0.2, 0) is 9.84 Å². The first-order valence-electron chi connectivity index (χ1n) is 7.55. The van der Waals surface area contributed by atoms with Crippen molar-refractivity contribution in [2.24, 2.45) is 0 Å². The Bertz CT molecular complexity index is 1010. The van der Waals surface area contributed by atoms with Crippen molar-refractivity contribution in [3.8, 4) is 0 Å². The summed E-state index contributed by atoms with van der Waals surface area (Å²) in [7, 11) is -4.01. The number of hydrogen-bond donors (Lipinski definition) is 0. The smallest absolute Gasteiger partial charge is 0.181 e. The molecule has 0 fully saturated rings. The van der Waals surface area contributed by atoms with Crippen molar-refractivity contribution in [3.05, 3.63) is 76.6 Å². The van der Waals surface area contributed by atoms with Gasteiger partial charge in [-0.15, -0.1) is 0 Å². The second-order valence-corrected chi connectivity index (χ2v) is 7.93. The Kier molecular flexibility index (Phi) is 4.33. The van der Waals surface area contributed by atoms with Gasteiger partial charge in [-0.3, -0.25) is 0 Å². The van der Waals surface area contributed by atoms with Gasteiger partial charge in [0.25, 0.3) is 0 Å². The van der Waals surface area contributed by atoms with Crippen LogP contribution in [-0.4, -0.2) is 14.7 Å². The van der Waals surface area contributed by atoms with Crippen molar-refractivity contribution in [3.63, 3.8) is 0 Å². The fraction of sp³-hybridized carbons (Fsp3) is 0.158. The maximum Gasteiger partial charge on any atom is 0.181 e. The lowest BCUT2D eigenvalue weighted by molar-refractivity contribution is 0.521. The summed E-state index contributed by atoms with van der Waals surface area (Å²) < 4.78 is 64.9. The molecule has 0 heterocycles. The Morgan fingerprint density at radius 3 is 1.92 bits per heavy atom. The van der Waals surface area contributed by atoms with Crippen LogP contribution in [0.3, 0.4) is 0 Å². The molecule has 0 saturated heterocycles. The monoisotopic (exact) mass is 364 g/mol. The first-order valence-corrected chi connectivity index (χ1v) is 9.44. The van der Waals surface area contributed by atoms with Gasteiger partial charge in [0.05, 0.1) is 0 Å². The highest BCUT2D eigenvalue weighted by atomic mass is 32.2. The molecule has 0 aliphatic heterocycles. The average Bonchev–Trinajstić information content (AvgIpc) is 2.97. The molecule has 2 aromatic carbocycles. The van der Waals surface area contributed by atoms with Crippen molar-refractivity contribution < 1.29 is 21.6 Å². The molecule has 1 aliphatic carbocycles. The Morgan fingerprint density at radius 2 is 1.40 bits per heavy atom. The van der Waals surface area contributed by atoms with Gasteiger partial charge < -0.3 is 0 Å². The van der Waals surface area contributed by atoms with Crippen LogP contribution in [0.25, 0.3) is 11.1 Å². The minimum Gasteiger partial charge on any atom is -0.224 e. The van der Waals surface area contributed by atoms with Crippen LogP contribution in [0.2, 0.25) is 0 Å². The molecule has 2 aromatic rings. The van der Waals surface area contributed by atoms with Crippen LogP contribution < -0.4 is 0 Å². The Hall–Kier alpha value is -2.34. The second-order valence-electron chi connectivity index (χ2n) is 5.98. The fourth-order valence-electron chi connectivity index (χ4n) is 2.94. The minimum atomic E-state index is -4.01. The molecule has 0 unspecified atom stereocenters. The number of hydrogen-bond acceptors (Lipinski definition) is 2. The molecule has 1 aliphatic rings. The topological polar surface area (TPSA) is 34.1 Å².